The second-order valence-corrected chi connectivity index (χ2v) is 0.0894. The molecule has 0 aromatic heterocycles. The fourth-order valence-corrected chi connectivity index (χ4v) is 0. The van der Waals surface area contributed by atoms with Crippen molar-refractivity contribution >= 4 is 0 Å². The van der Waals surface area contributed by atoms with Gasteiger partial charge in [0, 0.05) is 0 Å². The molecular weight excluding hydrogens is 122 g/mol. The van der Waals surface area contributed by atoms with Crippen LogP contribution >= 0.6 is 0 Å². The van der Waals surface area contributed by atoms with E-state index in [-0.39, 0.29) is 17.0 Å². The highest BCUT2D eigenvalue weighted by atomic mass is 79.9. The minimum Gasteiger partial charge on any atom is -1.00 e. The van der Waals surface area contributed by atoms with Crippen LogP contribution in [0.15, 0.2) is 0 Å². The summed E-state index contributed by atoms with van der Waals surface area (Å²) < 4.78 is 0. The van der Waals surface area contributed by atoms with Gasteiger partial charge in [0.2, 0.25) is 0 Å². The summed E-state index contributed by atoms with van der Waals surface area (Å²) in [6.07, 6.45) is 0. The molecule has 0 aliphatic heterocycles. The van der Waals surface area contributed by atoms with Gasteiger partial charge in [-0.1, -0.05) is 0 Å². The molecule has 0 unspecified atom stereocenters. The van der Waals surface area contributed by atoms with Crippen molar-refractivity contribution in [1.82, 2.24) is 0 Å². The zero-order valence-electron chi connectivity index (χ0n) is 1.72. The van der Waals surface area contributed by atoms with Crippen LogP contribution in [0.3, 0.4) is 0 Å². The van der Waals surface area contributed by atoms with E-state index in [0.717, 1.165) is 0 Å². The van der Waals surface area contributed by atoms with Crippen molar-refractivity contribution in [2.45, 2.75) is 0 Å². The average molecular weight is 122 g/mol. The Labute approximate surface area is 33.8 Å². The third-order valence-corrected chi connectivity index (χ3v) is 0. The molecule has 0 aromatic rings. The van der Waals surface area contributed by atoms with E-state index in [1.165, 1.54) is 4.91 Å². The first-order valence-corrected chi connectivity index (χ1v) is 0.400. The third kappa shape index (κ3) is 25.3. The largest absolute Gasteiger partial charge is 1.00 e. The van der Waals surface area contributed by atoms with Crippen LogP contribution in [-0.4, -0.2) is 0 Å². The molecule has 0 atom stereocenters. The van der Waals surface area contributed by atoms with E-state index < -0.39 is 0 Å². The molecule has 0 heterocycles. The van der Waals surface area contributed by atoms with Gasteiger partial charge in [0.05, 0.1) is 0 Å². The van der Waals surface area contributed by atoms with Crippen LogP contribution in [0.4, 0.5) is 0 Å². The van der Waals surface area contributed by atoms with Gasteiger partial charge in [-0.3, -0.25) is 4.91 Å². The van der Waals surface area contributed by atoms with Gasteiger partial charge < -0.3 is 28.0 Å². The van der Waals surface area contributed by atoms with Crippen LogP contribution in [0.1, 0.15) is 0 Å². The number of hydrogen-bond acceptors (Lipinski definition) is 0. The summed E-state index contributed by atoms with van der Waals surface area (Å²) in [4.78, 5) is 1.50. The second-order valence-electron chi connectivity index (χ2n) is 0.0894. The summed E-state index contributed by atoms with van der Waals surface area (Å²) in [7, 11) is 0. The summed E-state index contributed by atoms with van der Waals surface area (Å²) in [6.45, 7) is 0. The molecule has 4 heavy (non-hydrogen) atoms. The van der Waals surface area contributed by atoms with E-state index >= 15 is 0 Å². The fraction of sp³-hybridized carbons (Fsp3) is 0. The van der Waals surface area contributed by atoms with Crippen molar-refractivity contribution in [2.24, 2.45) is 0 Å². The summed E-state index contributed by atoms with van der Waals surface area (Å²) in [5.74, 6) is 0. The van der Waals surface area contributed by atoms with E-state index in [0.29, 0.717) is 0 Å². The van der Waals surface area contributed by atoms with E-state index in [4.69, 9.17) is 11.1 Å². The number of nitrogens with zero attached hydrogens (tertiary/aromatic N) is 3. The molecule has 0 radical (unpaired) electrons. The molecule has 0 rings (SSSR count). The van der Waals surface area contributed by atoms with Gasteiger partial charge in [-0.15, -0.1) is 0 Å². The van der Waals surface area contributed by atoms with Crippen LogP contribution in [-0.2, 0) is 0 Å². The summed E-state index contributed by atoms with van der Waals surface area (Å²) in [6, 6.07) is 0. The lowest BCUT2D eigenvalue weighted by Gasteiger charge is -1.31. The first-order chi connectivity index (χ1) is 1.41. The maximum atomic E-state index is 6.75. The Morgan fingerprint density at radius 2 is 1.25 bits per heavy atom. The lowest BCUT2D eigenvalue weighted by molar-refractivity contribution is -0.000000705. The topological polar surface area (TPSA) is 58.7 Å². The van der Waals surface area contributed by atoms with Crippen LogP contribution in [0.5, 0.6) is 0 Å². The molecule has 0 bridgehead atoms. The Bertz CT molecular complexity index is 24.3. The Hall–Kier alpha value is -0.210. The standard InChI is InChI=1S/BrH.N3/c;1-3-2/h1H;/q;-1/p-1. The Morgan fingerprint density at radius 3 is 1.25 bits per heavy atom. The fourth-order valence-electron chi connectivity index (χ4n) is 0. The molecule has 0 N–H and O–H groups in total. The van der Waals surface area contributed by atoms with Gasteiger partial charge in [0.1, 0.15) is 0 Å². The van der Waals surface area contributed by atoms with Crippen molar-refractivity contribution in [3.05, 3.63) is 16.0 Å². The highest BCUT2D eigenvalue weighted by Gasteiger charge is 0.689. The smallest absolute Gasteiger partial charge is 0.255 e. The van der Waals surface area contributed by atoms with E-state index in [2.05, 4.69) is 0 Å². The van der Waals surface area contributed by atoms with Crippen molar-refractivity contribution < 1.29 is 17.0 Å². The minimum absolute atomic E-state index is 0. The molecule has 4 heteroatoms. The minimum atomic E-state index is 0. The SMILES string of the molecule is [Br-].[N-]=[N+]=[N-]. The zero-order chi connectivity index (χ0) is 2.71. The van der Waals surface area contributed by atoms with Gasteiger partial charge in [0.15, 0.2) is 0 Å². The zero-order valence-corrected chi connectivity index (χ0v) is 3.31. The molecule has 0 saturated heterocycles. The third-order valence-electron chi connectivity index (χ3n) is 0. The van der Waals surface area contributed by atoms with E-state index in [9.17, 15) is 0 Å². The highest BCUT2D eigenvalue weighted by molar-refractivity contribution is 4.36. The Morgan fingerprint density at radius 1 is 1.25 bits per heavy atom. The summed E-state index contributed by atoms with van der Waals surface area (Å²) in [5.41, 5.74) is 13.5. The van der Waals surface area contributed by atoms with Crippen molar-refractivity contribution in [3.8, 4) is 0 Å². The van der Waals surface area contributed by atoms with Crippen molar-refractivity contribution in [2.75, 3.05) is 0 Å². The van der Waals surface area contributed by atoms with E-state index in [1.54, 1.807) is 0 Å². The number of rotatable bonds is 0. The Kier molecular flexibility index (Phi) is 33.0. The maximum absolute atomic E-state index is 6.75. The van der Waals surface area contributed by atoms with Crippen molar-refractivity contribution in [3.63, 3.8) is 0 Å². The second kappa shape index (κ2) is 14.3. The summed E-state index contributed by atoms with van der Waals surface area (Å²) in [5, 5.41) is 0. The van der Waals surface area contributed by atoms with Crippen LogP contribution in [0.25, 0.3) is 16.0 Å². The Balaban J connectivity index is 0. The molecule has 24 valence electrons. The molecule has 0 fully saturated rings. The molecule has 0 saturated carbocycles. The normalized spacial score (nSPS) is 2.00. The average Bonchev–Trinajstić information content (AvgIpc) is 0.918. The number of hydrogen-bond donors (Lipinski definition) is 0. The van der Waals surface area contributed by atoms with Crippen LogP contribution < -0.4 is 17.0 Å². The van der Waals surface area contributed by atoms with Gasteiger partial charge in [-0.2, -0.15) is 0 Å². The molecule has 0 aliphatic rings. The molecule has 0 aliphatic carbocycles. The van der Waals surface area contributed by atoms with Crippen molar-refractivity contribution in [1.29, 1.82) is 0 Å². The quantitative estimate of drug-likeness (QED) is 0.200. The van der Waals surface area contributed by atoms with Gasteiger partial charge in [-0.25, -0.2) is 0 Å². The predicted molar refractivity (Wildman–Crippen MR) is 10.1 cm³/mol. The lowest BCUT2D eigenvalue weighted by atomic mass is 13.0. The summed E-state index contributed by atoms with van der Waals surface area (Å²) >= 11 is 0. The van der Waals surface area contributed by atoms with Gasteiger partial charge >= 0.3 is 0 Å². The highest BCUT2D eigenvalue weighted by Crippen LogP contribution is 1.29. The first kappa shape index (κ1) is 9.21. The predicted octanol–water partition coefficient (Wildman–Crippen LogP) is -2.13. The van der Waals surface area contributed by atoms with E-state index in [1.807, 2.05) is 0 Å². The molecule has 0 aromatic carbocycles. The first-order valence-electron chi connectivity index (χ1n) is 0.400. The van der Waals surface area contributed by atoms with Crippen LogP contribution in [0.2, 0.25) is 0 Å². The molecule has 0 spiro atoms. The lowest BCUT2D eigenvalue weighted by Crippen LogP contribution is -3.00. The maximum Gasteiger partial charge on any atom is -0.255 e. The molecule has 0 amide bonds. The molecular formula is BrN3-2. The monoisotopic (exact) mass is 121 g/mol. The molecule has 3 nitrogen and oxygen atoms in total. The number of halogens is 1. The van der Waals surface area contributed by atoms with Crippen LogP contribution in [0, 0.1) is 0 Å². The van der Waals surface area contributed by atoms with Gasteiger partial charge in [0.25, 0.3) is 0 Å². The van der Waals surface area contributed by atoms with Gasteiger partial charge in [-0.05, 0) is 0 Å².